The van der Waals surface area contributed by atoms with Crippen LogP contribution in [0.4, 0.5) is 0 Å². The zero-order chi connectivity index (χ0) is 17.2. The van der Waals surface area contributed by atoms with E-state index in [1.807, 2.05) is 60.7 Å². The molecule has 2 nitrogen and oxygen atoms in total. The zero-order valence-electron chi connectivity index (χ0n) is 13.4. The van der Waals surface area contributed by atoms with Gasteiger partial charge in [-0.3, -0.25) is 4.79 Å². The predicted molar refractivity (Wildman–Crippen MR) is 103 cm³/mol. The molecule has 0 amide bonds. The third-order valence-corrected chi connectivity index (χ3v) is 4.47. The zero-order valence-corrected chi connectivity index (χ0v) is 14.2. The number of carbonyl (C=O) groups is 1. The quantitative estimate of drug-likeness (QED) is 0.339. The van der Waals surface area contributed by atoms with Crippen LogP contribution in [0.25, 0.3) is 21.5 Å². The first kappa shape index (κ1) is 15.7. The minimum atomic E-state index is -0.0455. The van der Waals surface area contributed by atoms with Crippen LogP contribution in [0.15, 0.2) is 78.9 Å². The number of ketones is 1. The Balaban J connectivity index is 1.74. The minimum Gasteiger partial charge on any atom is -0.485 e. The second-order valence-corrected chi connectivity index (χ2v) is 6.30. The Hall–Kier alpha value is -2.84. The van der Waals surface area contributed by atoms with Gasteiger partial charge in [-0.1, -0.05) is 72.3 Å². The van der Waals surface area contributed by atoms with Crippen LogP contribution in [0.5, 0.6) is 5.75 Å². The van der Waals surface area contributed by atoms with Crippen molar-refractivity contribution in [1.82, 2.24) is 0 Å². The second kappa shape index (κ2) is 6.58. The molecule has 3 heteroatoms. The van der Waals surface area contributed by atoms with Gasteiger partial charge in [-0.05, 0) is 34.4 Å². The Morgan fingerprint density at radius 1 is 0.800 bits per heavy atom. The number of carbonyl (C=O) groups excluding carboxylic acids is 1. The molecule has 0 saturated heterocycles. The molecule has 0 heterocycles. The summed E-state index contributed by atoms with van der Waals surface area (Å²) in [5, 5.41) is 4.85. The van der Waals surface area contributed by atoms with Crippen molar-refractivity contribution in [2.24, 2.45) is 0 Å². The molecule has 0 aliphatic carbocycles. The molecule has 0 N–H and O–H groups in total. The highest BCUT2D eigenvalue weighted by Gasteiger charge is 2.11. The van der Waals surface area contributed by atoms with E-state index in [0.717, 1.165) is 21.5 Å². The largest absolute Gasteiger partial charge is 0.485 e. The van der Waals surface area contributed by atoms with Crippen LogP contribution in [0.3, 0.4) is 0 Å². The standard InChI is InChI=1S/C22H15ClO2/c23-17-10-11-18-16(12-17)13-22(20-9-5-4-8-19(18)20)25-14-21(24)15-6-2-1-3-7-15/h1-13H,14H2. The lowest BCUT2D eigenvalue weighted by Gasteiger charge is -2.12. The van der Waals surface area contributed by atoms with E-state index in [1.54, 1.807) is 12.1 Å². The van der Waals surface area contributed by atoms with Gasteiger partial charge in [-0.15, -0.1) is 0 Å². The molecule has 0 atom stereocenters. The van der Waals surface area contributed by atoms with Crippen LogP contribution < -0.4 is 4.74 Å². The summed E-state index contributed by atoms with van der Waals surface area (Å²) in [4.78, 5) is 12.3. The highest BCUT2D eigenvalue weighted by molar-refractivity contribution is 6.31. The van der Waals surface area contributed by atoms with E-state index >= 15 is 0 Å². The van der Waals surface area contributed by atoms with Crippen molar-refractivity contribution >= 4 is 38.9 Å². The van der Waals surface area contributed by atoms with E-state index in [9.17, 15) is 4.79 Å². The van der Waals surface area contributed by atoms with E-state index in [1.165, 1.54) is 0 Å². The molecule has 4 aromatic rings. The lowest BCUT2D eigenvalue weighted by molar-refractivity contribution is 0.0922. The van der Waals surface area contributed by atoms with Crippen molar-refractivity contribution in [1.29, 1.82) is 0 Å². The number of hydrogen-bond donors (Lipinski definition) is 0. The maximum absolute atomic E-state index is 12.3. The Bertz CT molecular complexity index is 1070. The molecule has 0 spiro atoms. The number of Topliss-reactive ketones (excluding diaryl/α,β-unsaturated/α-hetero) is 1. The van der Waals surface area contributed by atoms with Crippen molar-refractivity contribution in [3.8, 4) is 5.75 Å². The van der Waals surface area contributed by atoms with E-state index in [0.29, 0.717) is 16.3 Å². The summed E-state index contributed by atoms with van der Waals surface area (Å²) >= 11 is 6.13. The Labute approximate surface area is 150 Å². The molecule has 4 aromatic carbocycles. The molecular formula is C22H15ClO2. The summed E-state index contributed by atoms with van der Waals surface area (Å²) in [6.45, 7) is 0.0000794. The Kier molecular flexibility index (Phi) is 4.12. The first-order chi connectivity index (χ1) is 12.2. The smallest absolute Gasteiger partial charge is 0.200 e. The van der Waals surface area contributed by atoms with Gasteiger partial charge in [0.2, 0.25) is 0 Å². The van der Waals surface area contributed by atoms with E-state index in [4.69, 9.17) is 16.3 Å². The molecule has 0 bridgehead atoms. The summed E-state index contributed by atoms with van der Waals surface area (Å²) in [6, 6.07) is 25.0. The molecule has 0 aromatic heterocycles. The fourth-order valence-corrected chi connectivity index (χ4v) is 3.20. The lowest BCUT2D eigenvalue weighted by Crippen LogP contribution is -2.11. The second-order valence-electron chi connectivity index (χ2n) is 5.86. The fraction of sp³-hybridized carbons (Fsp3) is 0.0455. The molecular weight excluding hydrogens is 332 g/mol. The maximum Gasteiger partial charge on any atom is 0.200 e. The number of fused-ring (bicyclic) bond motifs is 3. The van der Waals surface area contributed by atoms with Crippen molar-refractivity contribution in [3.63, 3.8) is 0 Å². The number of ether oxygens (including phenoxy) is 1. The number of halogens is 1. The van der Waals surface area contributed by atoms with E-state index in [-0.39, 0.29) is 12.4 Å². The predicted octanol–water partition coefficient (Wildman–Crippen LogP) is 5.91. The average Bonchev–Trinajstić information content (AvgIpc) is 2.66. The Morgan fingerprint density at radius 3 is 2.32 bits per heavy atom. The third-order valence-electron chi connectivity index (χ3n) is 4.24. The normalized spacial score (nSPS) is 10.9. The van der Waals surface area contributed by atoms with Crippen molar-refractivity contribution in [2.75, 3.05) is 6.61 Å². The molecule has 0 aliphatic heterocycles. The Morgan fingerprint density at radius 2 is 1.52 bits per heavy atom. The summed E-state index contributed by atoms with van der Waals surface area (Å²) in [7, 11) is 0. The maximum atomic E-state index is 12.3. The number of hydrogen-bond acceptors (Lipinski definition) is 2. The molecule has 25 heavy (non-hydrogen) atoms. The first-order valence-corrected chi connectivity index (χ1v) is 8.42. The molecule has 0 aliphatic rings. The van der Waals surface area contributed by atoms with Gasteiger partial charge in [-0.2, -0.15) is 0 Å². The first-order valence-electron chi connectivity index (χ1n) is 8.04. The fourth-order valence-electron chi connectivity index (χ4n) is 3.02. The highest BCUT2D eigenvalue weighted by Crippen LogP contribution is 2.34. The van der Waals surface area contributed by atoms with Crippen LogP contribution in [-0.2, 0) is 0 Å². The average molecular weight is 347 g/mol. The van der Waals surface area contributed by atoms with Crippen LogP contribution in [-0.4, -0.2) is 12.4 Å². The van der Waals surface area contributed by atoms with Gasteiger partial charge in [0.15, 0.2) is 12.4 Å². The van der Waals surface area contributed by atoms with Gasteiger partial charge in [-0.25, -0.2) is 0 Å². The van der Waals surface area contributed by atoms with Gasteiger partial charge in [0.1, 0.15) is 5.75 Å². The van der Waals surface area contributed by atoms with E-state index in [2.05, 4.69) is 6.07 Å². The molecule has 0 radical (unpaired) electrons. The number of rotatable bonds is 4. The van der Waals surface area contributed by atoms with Gasteiger partial charge in [0.05, 0.1) is 0 Å². The minimum absolute atomic E-state index is 0.0000794. The van der Waals surface area contributed by atoms with Gasteiger partial charge >= 0.3 is 0 Å². The van der Waals surface area contributed by atoms with Crippen LogP contribution >= 0.6 is 11.6 Å². The topological polar surface area (TPSA) is 26.3 Å². The molecule has 0 saturated carbocycles. The monoisotopic (exact) mass is 346 g/mol. The van der Waals surface area contributed by atoms with Gasteiger partial charge in [0.25, 0.3) is 0 Å². The highest BCUT2D eigenvalue weighted by atomic mass is 35.5. The SMILES string of the molecule is O=C(COc1cc2cc(Cl)ccc2c2ccccc12)c1ccccc1. The van der Waals surface area contributed by atoms with Gasteiger partial charge in [0, 0.05) is 16.0 Å². The molecule has 122 valence electrons. The van der Waals surface area contributed by atoms with Crippen LogP contribution in [0, 0.1) is 0 Å². The summed E-state index contributed by atoms with van der Waals surface area (Å²) < 4.78 is 5.89. The van der Waals surface area contributed by atoms with E-state index < -0.39 is 0 Å². The molecule has 4 rings (SSSR count). The number of benzene rings is 4. The summed E-state index contributed by atoms with van der Waals surface area (Å²) in [6.07, 6.45) is 0. The lowest BCUT2D eigenvalue weighted by atomic mass is 10.0. The summed E-state index contributed by atoms with van der Waals surface area (Å²) in [5.41, 5.74) is 0.649. The van der Waals surface area contributed by atoms with Crippen molar-refractivity contribution in [2.45, 2.75) is 0 Å². The van der Waals surface area contributed by atoms with Crippen LogP contribution in [0.2, 0.25) is 5.02 Å². The van der Waals surface area contributed by atoms with Gasteiger partial charge < -0.3 is 4.74 Å². The third kappa shape index (κ3) is 3.09. The summed E-state index contributed by atoms with van der Waals surface area (Å²) in [5.74, 6) is 0.644. The molecule has 0 unspecified atom stereocenters. The van der Waals surface area contributed by atoms with Crippen molar-refractivity contribution < 1.29 is 9.53 Å². The van der Waals surface area contributed by atoms with Crippen molar-refractivity contribution in [3.05, 3.63) is 89.4 Å². The molecule has 0 fully saturated rings. The van der Waals surface area contributed by atoms with Crippen LogP contribution in [0.1, 0.15) is 10.4 Å².